The van der Waals surface area contributed by atoms with Gasteiger partial charge in [0.15, 0.2) is 5.75 Å². The quantitative estimate of drug-likeness (QED) is 0.555. The Labute approximate surface area is 112 Å². The fraction of sp³-hybridized carbons (Fsp3) is 0.538. The maximum Gasteiger partial charge on any atom is 0.311 e. The molecule has 0 saturated heterocycles. The van der Waals surface area contributed by atoms with Gasteiger partial charge in [0.1, 0.15) is 0 Å². The topological polar surface area (TPSA) is 84.6 Å². The van der Waals surface area contributed by atoms with Gasteiger partial charge in [0, 0.05) is 19.2 Å². The third-order valence-corrected chi connectivity index (χ3v) is 2.77. The molecule has 2 N–H and O–H groups in total. The Kier molecular flexibility index (Phi) is 6.24. The van der Waals surface area contributed by atoms with Crippen molar-refractivity contribution in [2.45, 2.75) is 32.4 Å². The molecule has 19 heavy (non-hydrogen) atoms. The van der Waals surface area contributed by atoms with E-state index >= 15 is 0 Å². The summed E-state index contributed by atoms with van der Waals surface area (Å²) in [6.07, 6.45) is 1.30. The molecule has 1 aromatic rings. The highest BCUT2D eigenvalue weighted by Gasteiger charge is 2.14. The van der Waals surface area contributed by atoms with Crippen LogP contribution in [-0.4, -0.2) is 29.8 Å². The molecule has 0 fully saturated rings. The SMILES string of the molecule is CCCC(O)CNCc1ccc(OC)c([N+](=O)[O-])c1. The second kappa shape index (κ2) is 7.70. The Balaban J connectivity index is 2.60. The summed E-state index contributed by atoms with van der Waals surface area (Å²) in [5.41, 5.74) is 0.743. The van der Waals surface area contributed by atoms with Crippen molar-refractivity contribution in [3.63, 3.8) is 0 Å². The monoisotopic (exact) mass is 268 g/mol. The van der Waals surface area contributed by atoms with Crippen LogP contribution in [0.1, 0.15) is 25.3 Å². The van der Waals surface area contributed by atoms with Gasteiger partial charge in [0.2, 0.25) is 0 Å². The van der Waals surface area contributed by atoms with Crippen molar-refractivity contribution in [3.8, 4) is 5.75 Å². The summed E-state index contributed by atoms with van der Waals surface area (Å²) in [7, 11) is 1.40. The van der Waals surface area contributed by atoms with Crippen LogP contribution in [0.15, 0.2) is 18.2 Å². The van der Waals surface area contributed by atoms with Gasteiger partial charge < -0.3 is 15.2 Å². The first kappa shape index (κ1) is 15.4. The van der Waals surface area contributed by atoms with Gasteiger partial charge in [-0.1, -0.05) is 19.4 Å². The van der Waals surface area contributed by atoms with Crippen molar-refractivity contribution < 1.29 is 14.8 Å². The summed E-state index contributed by atoms with van der Waals surface area (Å²) in [6, 6.07) is 4.83. The van der Waals surface area contributed by atoms with Gasteiger partial charge in [0.25, 0.3) is 0 Å². The van der Waals surface area contributed by atoms with Crippen molar-refractivity contribution in [2.24, 2.45) is 0 Å². The van der Waals surface area contributed by atoms with Gasteiger partial charge in [-0.25, -0.2) is 0 Å². The predicted molar refractivity (Wildman–Crippen MR) is 72.3 cm³/mol. The van der Waals surface area contributed by atoms with E-state index < -0.39 is 4.92 Å². The lowest BCUT2D eigenvalue weighted by atomic mass is 10.1. The Hall–Kier alpha value is -1.66. The number of aliphatic hydroxyl groups excluding tert-OH is 1. The molecule has 1 aromatic carbocycles. The van der Waals surface area contributed by atoms with E-state index in [0.717, 1.165) is 18.4 Å². The van der Waals surface area contributed by atoms with Gasteiger partial charge in [-0.15, -0.1) is 0 Å². The number of hydrogen-bond donors (Lipinski definition) is 2. The molecule has 0 aromatic heterocycles. The minimum Gasteiger partial charge on any atom is -0.490 e. The Morgan fingerprint density at radius 3 is 2.84 bits per heavy atom. The number of benzene rings is 1. The Bertz CT molecular complexity index is 423. The van der Waals surface area contributed by atoms with Crippen LogP contribution in [0.25, 0.3) is 0 Å². The van der Waals surface area contributed by atoms with Crippen molar-refractivity contribution in [1.29, 1.82) is 0 Å². The second-order valence-corrected chi connectivity index (χ2v) is 4.34. The lowest BCUT2D eigenvalue weighted by Gasteiger charge is -2.11. The molecular formula is C13H20N2O4. The van der Waals surface area contributed by atoms with Crippen molar-refractivity contribution >= 4 is 5.69 Å². The second-order valence-electron chi connectivity index (χ2n) is 4.34. The summed E-state index contributed by atoms with van der Waals surface area (Å²) >= 11 is 0. The van der Waals surface area contributed by atoms with Crippen LogP contribution in [-0.2, 0) is 6.54 Å². The number of ether oxygens (including phenoxy) is 1. The number of hydrogen-bond acceptors (Lipinski definition) is 5. The number of nitro groups is 1. The first-order valence-electron chi connectivity index (χ1n) is 6.28. The van der Waals surface area contributed by atoms with Gasteiger partial charge in [-0.3, -0.25) is 10.1 Å². The van der Waals surface area contributed by atoms with Crippen LogP contribution in [0.5, 0.6) is 5.75 Å². The van der Waals surface area contributed by atoms with Crippen molar-refractivity contribution in [2.75, 3.05) is 13.7 Å². The molecule has 0 heterocycles. The normalized spacial score (nSPS) is 12.2. The molecule has 0 aliphatic heterocycles. The summed E-state index contributed by atoms with van der Waals surface area (Å²) in [5.74, 6) is 0.250. The lowest BCUT2D eigenvalue weighted by molar-refractivity contribution is -0.385. The van der Waals surface area contributed by atoms with Gasteiger partial charge in [-0.2, -0.15) is 0 Å². The van der Waals surface area contributed by atoms with Crippen molar-refractivity contribution in [1.82, 2.24) is 5.32 Å². The van der Waals surface area contributed by atoms with Crippen LogP contribution in [0, 0.1) is 10.1 Å². The fourth-order valence-corrected chi connectivity index (χ4v) is 1.81. The standard InChI is InChI=1S/C13H20N2O4/c1-3-4-11(16)9-14-8-10-5-6-13(19-2)12(7-10)15(17)18/h5-7,11,14,16H,3-4,8-9H2,1-2H3. The molecule has 0 aliphatic rings. The Morgan fingerprint density at radius 1 is 1.53 bits per heavy atom. The maximum atomic E-state index is 10.9. The van der Waals surface area contributed by atoms with Gasteiger partial charge in [-0.05, 0) is 18.1 Å². The molecular weight excluding hydrogens is 248 g/mol. The Morgan fingerprint density at radius 2 is 2.26 bits per heavy atom. The van der Waals surface area contributed by atoms with Crippen LogP contribution >= 0.6 is 0 Å². The van der Waals surface area contributed by atoms with E-state index in [1.165, 1.54) is 13.2 Å². The number of nitro benzene ring substituents is 1. The zero-order chi connectivity index (χ0) is 14.3. The first-order chi connectivity index (χ1) is 9.08. The molecule has 0 radical (unpaired) electrons. The summed E-state index contributed by atoms with van der Waals surface area (Å²) in [6.45, 7) is 2.97. The van der Waals surface area contributed by atoms with Crippen molar-refractivity contribution in [3.05, 3.63) is 33.9 Å². The molecule has 0 spiro atoms. The molecule has 6 heteroatoms. The molecule has 1 unspecified atom stereocenters. The van der Waals surface area contributed by atoms with E-state index in [1.807, 2.05) is 6.92 Å². The number of aliphatic hydroxyl groups is 1. The van der Waals surface area contributed by atoms with E-state index in [9.17, 15) is 15.2 Å². The van der Waals surface area contributed by atoms with Crippen LogP contribution in [0.4, 0.5) is 5.69 Å². The van der Waals surface area contributed by atoms with Crippen LogP contribution in [0.3, 0.4) is 0 Å². The smallest absolute Gasteiger partial charge is 0.311 e. The predicted octanol–water partition coefficient (Wildman–Crippen LogP) is 1.85. The third kappa shape index (κ3) is 4.84. The van der Waals surface area contributed by atoms with Gasteiger partial charge in [0.05, 0.1) is 18.1 Å². The number of rotatable bonds is 8. The molecule has 1 atom stereocenters. The average molecular weight is 268 g/mol. The van der Waals surface area contributed by atoms with Gasteiger partial charge >= 0.3 is 5.69 Å². The molecule has 0 aliphatic carbocycles. The lowest BCUT2D eigenvalue weighted by Crippen LogP contribution is -2.26. The first-order valence-corrected chi connectivity index (χ1v) is 6.28. The van der Waals surface area contributed by atoms with E-state index in [-0.39, 0.29) is 17.5 Å². The molecule has 0 amide bonds. The number of nitrogens with one attached hydrogen (secondary N) is 1. The molecule has 0 saturated carbocycles. The molecule has 0 bridgehead atoms. The minimum atomic E-state index is -0.464. The molecule has 6 nitrogen and oxygen atoms in total. The highest BCUT2D eigenvalue weighted by Crippen LogP contribution is 2.27. The van der Waals surface area contributed by atoms with Crippen LogP contribution < -0.4 is 10.1 Å². The molecule has 106 valence electrons. The largest absolute Gasteiger partial charge is 0.490 e. The van der Waals surface area contributed by atoms with Crippen LogP contribution in [0.2, 0.25) is 0 Å². The molecule has 1 rings (SSSR count). The van der Waals surface area contributed by atoms with E-state index in [0.29, 0.717) is 13.1 Å². The summed E-state index contributed by atoms with van der Waals surface area (Å²) < 4.78 is 4.93. The average Bonchev–Trinajstić information content (AvgIpc) is 2.38. The zero-order valence-electron chi connectivity index (χ0n) is 11.3. The summed E-state index contributed by atoms with van der Waals surface area (Å²) in [4.78, 5) is 10.4. The number of methoxy groups -OCH3 is 1. The summed E-state index contributed by atoms with van der Waals surface area (Å²) in [5, 5.41) is 23.5. The highest BCUT2D eigenvalue weighted by atomic mass is 16.6. The zero-order valence-corrected chi connectivity index (χ0v) is 11.3. The minimum absolute atomic E-state index is 0.0455. The van der Waals surface area contributed by atoms with E-state index in [2.05, 4.69) is 5.32 Å². The highest BCUT2D eigenvalue weighted by molar-refractivity contribution is 5.48. The fourth-order valence-electron chi connectivity index (χ4n) is 1.81. The van der Waals surface area contributed by atoms with E-state index in [1.54, 1.807) is 12.1 Å². The number of nitrogens with zero attached hydrogens (tertiary/aromatic N) is 1. The maximum absolute atomic E-state index is 10.9. The van der Waals surface area contributed by atoms with E-state index in [4.69, 9.17) is 4.74 Å². The third-order valence-electron chi connectivity index (χ3n) is 2.77.